The molecule has 3 heterocycles. The number of rotatable bonds is 3. The molecule has 0 aliphatic carbocycles. The number of nitrogens with one attached hydrogen (secondary N) is 1. The van der Waals surface area contributed by atoms with Crippen molar-refractivity contribution >= 4 is 5.91 Å². The molecule has 1 N–H and O–H groups in total. The standard InChI is InChI=1S/C15H18F2N4O/c1-2-15(13(16)17)9-20-4-3-12(21(20)14(15)22)11-5-10(6-18)7-19-8-11/h5,8,12-13,19H,2-4,7,9H2,1H3. The number of nitriles is 1. The maximum atomic E-state index is 13.5. The topological polar surface area (TPSA) is 59.4 Å². The summed E-state index contributed by atoms with van der Waals surface area (Å²) in [5, 5.41) is 15.2. The van der Waals surface area contributed by atoms with E-state index in [0.29, 0.717) is 25.1 Å². The zero-order valence-electron chi connectivity index (χ0n) is 12.4. The van der Waals surface area contributed by atoms with Crippen molar-refractivity contribution in [1.29, 1.82) is 5.26 Å². The molecule has 0 aromatic heterocycles. The molecule has 1 amide bonds. The molecule has 0 aromatic rings. The number of hydrogen-bond donors (Lipinski definition) is 1. The van der Waals surface area contributed by atoms with Crippen molar-refractivity contribution in [1.82, 2.24) is 15.3 Å². The predicted molar refractivity (Wildman–Crippen MR) is 75.3 cm³/mol. The quantitative estimate of drug-likeness (QED) is 0.856. The Hall–Kier alpha value is -1.94. The van der Waals surface area contributed by atoms with Crippen LogP contribution in [0, 0.1) is 16.7 Å². The van der Waals surface area contributed by atoms with Crippen LogP contribution in [0.3, 0.4) is 0 Å². The highest BCUT2D eigenvalue weighted by Crippen LogP contribution is 2.44. The second-order valence-corrected chi connectivity index (χ2v) is 5.96. The Labute approximate surface area is 127 Å². The molecule has 3 aliphatic rings. The number of carbonyl (C=O) groups is 1. The second kappa shape index (κ2) is 5.36. The summed E-state index contributed by atoms with van der Waals surface area (Å²) in [7, 11) is 0. The fourth-order valence-corrected chi connectivity index (χ4v) is 3.47. The van der Waals surface area contributed by atoms with Crippen molar-refractivity contribution in [3.05, 3.63) is 23.4 Å². The van der Waals surface area contributed by atoms with Gasteiger partial charge in [0.15, 0.2) is 0 Å². The van der Waals surface area contributed by atoms with Crippen LogP contribution in [0.5, 0.6) is 0 Å². The van der Waals surface area contributed by atoms with Gasteiger partial charge in [0.2, 0.25) is 0 Å². The molecule has 22 heavy (non-hydrogen) atoms. The normalized spacial score (nSPS) is 31.7. The Morgan fingerprint density at radius 3 is 3.00 bits per heavy atom. The minimum atomic E-state index is -2.67. The first kappa shape index (κ1) is 15.0. The lowest BCUT2D eigenvalue weighted by atomic mass is 9.84. The lowest BCUT2D eigenvalue weighted by molar-refractivity contribution is -0.147. The van der Waals surface area contributed by atoms with Crippen molar-refractivity contribution in [2.24, 2.45) is 5.41 Å². The van der Waals surface area contributed by atoms with Crippen molar-refractivity contribution < 1.29 is 13.6 Å². The molecule has 0 spiro atoms. The van der Waals surface area contributed by atoms with Gasteiger partial charge in [0.1, 0.15) is 5.41 Å². The lowest BCUT2D eigenvalue weighted by Crippen LogP contribution is -2.44. The summed E-state index contributed by atoms with van der Waals surface area (Å²) >= 11 is 0. The Morgan fingerprint density at radius 1 is 1.59 bits per heavy atom. The zero-order valence-corrected chi connectivity index (χ0v) is 12.4. The first-order valence-corrected chi connectivity index (χ1v) is 7.44. The molecule has 2 fully saturated rings. The summed E-state index contributed by atoms with van der Waals surface area (Å²) in [4.78, 5) is 12.7. The third-order valence-corrected chi connectivity index (χ3v) is 4.84. The summed E-state index contributed by atoms with van der Waals surface area (Å²) in [6.45, 7) is 2.75. The summed E-state index contributed by atoms with van der Waals surface area (Å²) in [6.07, 6.45) is 1.68. The van der Waals surface area contributed by atoms with E-state index in [1.165, 1.54) is 5.01 Å². The molecular formula is C15H18F2N4O. The minimum absolute atomic E-state index is 0.0754. The number of nitrogens with zero attached hydrogens (tertiary/aromatic N) is 3. The van der Waals surface area contributed by atoms with E-state index in [1.807, 2.05) is 0 Å². The van der Waals surface area contributed by atoms with Crippen molar-refractivity contribution in [3.8, 4) is 6.07 Å². The van der Waals surface area contributed by atoms with Crippen LogP contribution in [0.15, 0.2) is 23.4 Å². The van der Waals surface area contributed by atoms with Gasteiger partial charge in [-0.3, -0.25) is 9.80 Å². The molecule has 0 radical (unpaired) electrons. The number of fused-ring (bicyclic) bond motifs is 1. The highest BCUT2D eigenvalue weighted by atomic mass is 19.3. The molecule has 0 bridgehead atoms. The summed E-state index contributed by atoms with van der Waals surface area (Å²) in [5.74, 6) is -0.495. The maximum Gasteiger partial charge on any atom is 0.254 e. The molecule has 118 valence electrons. The Morgan fingerprint density at radius 2 is 2.36 bits per heavy atom. The number of hydrogen-bond acceptors (Lipinski definition) is 4. The van der Waals surface area contributed by atoms with Gasteiger partial charge >= 0.3 is 0 Å². The van der Waals surface area contributed by atoms with Gasteiger partial charge in [0, 0.05) is 31.4 Å². The van der Waals surface area contributed by atoms with Gasteiger partial charge in [0.25, 0.3) is 12.3 Å². The van der Waals surface area contributed by atoms with E-state index in [-0.39, 0.29) is 19.0 Å². The molecule has 5 nitrogen and oxygen atoms in total. The Kier molecular flexibility index (Phi) is 3.65. The maximum absolute atomic E-state index is 13.5. The van der Waals surface area contributed by atoms with Crippen molar-refractivity contribution in [2.45, 2.75) is 32.2 Å². The SMILES string of the molecule is CCC1(C(F)F)CN2CCC(C3=CNCC(C#N)=C3)N2C1=O. The van der Waals surface area contributed by atoms with Crippen molar-refractivity contribution in [2.75, 3.05) is 19.6 Å². The second-order valence-electron chi connectivity index (χ2n) is 5.96. The van der Waals surface area contributed by atoms with Crippen LogP contribution in [0.4, 0.5) is 8.78 Å². The van der Waals surface area contributed by atoms with Gasteiger partial charge in [0.05, 0.1) is 12.1 Å². The van der Waals surface area contributed by atoms with E-state index in [4.69, 9.17) is 5.26 Å². The van der Waals surface area contributed by atoms with Gasteiger partial charge in [-0.25, -0.2) is 13.8 Å². The van der Waals surface area contributed by atoms with E-state index in [2.05, 4.69) is 11.4 Å². The van der Waals surface area contributed by atoms with Gasteiger partial charge in [-0.05, 0) is 24.5 Å². The smallest absolute Gasteiger partial charge is 0.254 e. The third-order valence-electron chi connectivity index (χ3n) is 4.84. The van der Waals surface area contributed by atoms with Crippen LogP contribution in [0.1, 0.15) is 19.8 Å². The average Bonchev–Trinajstić information content (AvgIpc) is 3.06. The molecule has 2 atom stereocenters. The van der Waals surface area contributed by atoms with Crippen LogP contribution in [-0.4, -0.2) is 48.0 Å². The van der Waals surface area contributed by atoms with Crippen LogP contribution < -0.4 is 5.32 Å². The molecule has 3 aliphatic heterocycles. The van der Waals surface area contributed by atoms with Crippen LogP contribution in [0.25, 0.3) is 0 Å². The van der Waals surface area contributed by atoms with E-state index in [9.17, 15) is 13.6 Å². The number of hydrazine groups is 1. The highest BCUT2D eigenvalue weighted by molar-refractivity contribution is 5.86. The van der Waals surface area contributed by atoms with E-state index < -0.39 is 17.7 Å². The zero-order chi connectivity index (χ0) is 15.9. The number of carbonyl (C=O) groups excluding carboxylic acids is 1. The lowest BCUT2D eigenvalue weighted by Gasteiger charge is -2.29. The third kappa shape index (κ3) is 2.02. The molecule has 0 saturated carbocycles. The minimum Gasteiger partial charge on any atom is -0.386 e. The van der Waals surface area contributed by atoms with Crippen LogP contribution >= 0.6 is 0 Å². The molecule has 2 saturated heterocycles. The van der Waals surface area contributed by atoms with Gasteiger partial charge in [-0.2, -0.15) is 5.26 Å². The van der Waals surface area contributed by atoms with Gasteiger partial charge in [-0.1, -0.05) is 6.92 Å². The van der Waals surface area contributed by atoms with Crippen molar-refractivity contribution in [3.63, 3.8) is 0 Å². The summed E-state index contributed by atoms with van der Waals surface area (Å²) in [6, 6.07) is 1.83. The van der Waals surface area contributed by atoms with Crippen LogP contribution in [0.2, 0.25) is 0 Å². The van der Waals surface area contributed by atoms with Gasteiger partial charge in [-0.15, -0.1) is 0 Å². The molecule has 3 rings (SSSR count). The number of dihydropyridines is 1. The first-order chi connectivity index (χ1) is 10.5. The Bertz CT molecular complexity index is 595. The van der Waals surface area contributed by atoms with Gasteiger partial charge < -0.3 is 5.32 Å². The average molecular weight is 308 g/mol. The highest BCUT2D eigenvalue weighted by Gasteiger charge is 2.59. The van der Waals surface area contributed by atoms with Crippen LogP contribution in [-0.2, 0) is 4.79 Å². The predicted octanol–water partition coefficient (Wildman–Crippen LogP) is 1.42. The molecular weight excluding hydrogens is 290 g/mol. The monoisotopic (exact) mass is 308 g/mol. The first-order valence-electron chi connectivity index (χ1n) is 7.44. The van der Waals surface area contributed by atoms with E-state index in [0.717, 1.165) is 5.57 Å². The van der Waals surface area contributed by atoms with E-state index >= 15 is 0 Å². The summed E-state index contributed by atoms with van der Waals surface area (Å²) < 4.78 is 27.0. The molecule has 2 unspecified atom stereocenters. The molecule has 7 heteroatoms. The largest absolute Gasteiger partial charge is 0.386 e. The van der Waals surface area contributed by atoms with E-state index in [1.54, 1.807) is 24.2 Å². The molecule has 0 aromatic carbocycles. The fourth-order valence-electron chi connectivity index (χ4n) is 3.47. The Balaban J connectivity index is 1.90. The summed E-state index contributed by atoms with van der Waals surface area (Å²) in [5.41, 5.74) is -0.207. The number of amides is 1. The number of halogens is 2. The number of alkyl halides is 2. The fraction of sp³-hybridized carbons (Fsp3) is 0.600.